The number of carbonyl (C=O) groups is 4. The lowest BCUT2D eigenvalue weighted by atomic mass is 9.98. The molecule has 1 aliphatic heterocycles. The number of hydrogen-bond acceptors (Lipinski definition) is 11. The second-order valence-corrected chi connectivity index (χ2v) is 21.0. The third-order valence-electron chi connectivity index (χ3n) is 13.8. The van der Waals surface area contributed by atoms with Crippen LogP contribution in [-0.2, 0) is 42.9 Å². The highest BCUT2D eigenvalue weighted by Gasteiger charge is 2.50. The van der Waals surface area contributed by atoms with Crippen molar-refractivity contribution in [3.8, 4) is 0 Å². The maximum atomic E-state index is 13.1. The smallest absolute Gasteiger partial charge is 0.335 e. The molecule has 0 saturated carbocycles. The molecule has 0 aliphatic carbocycles. The molecule has 0 radical (unpaired) electrons. The normalized spacial score (nSPS) is 18.5. The number of aliphatic hydroxyl groups excluding tert-OH is 2. The van der Waals surface area contributed by atoms with Gasteiger partial charge in [-0.15, -0.1) is 0 Å². The Morgan fingerprint density at radius 3 is 1.27 bits per heavy atom. The van der Waals surface area contributed by atoms with Crippen molar-refractivity contribution in [2.24, 2.45) is 0 Å². The van der Waals surface area contributed by atoms with Gasteiger partial charge in [-0.05, 0) is 89.9 Å². The zero-order chi connectivity index (χ0) is 56.1. The second-order valence-electron chi connectivity index (χ2n) is 21.0. The van der Waals surface area contributed by atoms with Crippen LogP contribution in [0.2, 0.25) is 0 Å². The van der Waals surface area contributed by atoms with Crippen LogP contribution in [0, 0.1) is 0 Å². The molecule has 0 aromatic carbocycles. The summed E-state index contributed by atoms with van der Waals surface area (Å²) in [6.07, 6.45) is 54.4. The minimum atomic E-state index is -1.91. The van der Waals surface area contributed by atoms with Gasteiger partial charge in [0.05, 0.1) is 6.61 Å². The van der Waals surface area contributed by atoms with E-state index in [1.807, 2.05) is 0 Å². The van der Waals surface area contributed by atoms with Gasteiger partial charge >= 0.3 is 23.9 Å². The molecule has 0 aromatic heterocycles. The zero-order valence-electron chi connectivity index (χ0n) is 48.7. The molecule has 77 heavy (non-hydrogen) atoms. The third-order valence-corrected chi connectivity index (χ3v) is 13.8. The molecule has 0 spiro atoms. The first-order valence-electron chi connectivity index (χ1n) is 30.9. The Labute approximate surface area is 468 Å². The van der Waals surface area contributed by atoms with Crippen LogP contribution in [0.25, 0.3) is 0 Å². The highest BCUT2D eigenvalue weighted by Crippen LogP contribution is 2.26. The molecule has 12 heteroatoms. The van der Waals surface area contributed by atoms with E-state index in [0.717, 1.165) is 103 Å². The van der Waals surface area contributed by atoms with Gasteiger partial charge in [-0.3, -0.25) is 14.4 Å². The molecule has 12 nitrogen and oxygen atoms in total. The summed E-state index contributed by atoms with van der Waals surface area (Å²) in [4.78, 5) is 51.2. The van der Waals surface area contributed by atoms with Gasteiger partial charge in [-0.2, -0.15) is 0 Å². The van der Waals surface area contributed by atoms with E-state index in [1.165, 1.54) is 103 Å². The maximum absolute atomic E-state index is 13.1. The monoisotopic (exact) mass is 1080 g/mol. The van der Waals surface area contributed by atoms with E-state index in [2.05, 4.69) is 93.7 Å². The van der Waals surface area contributed by atoms with E-state index in [4.69, 9.17) is 23.7 Å². The molecule has 6 unspecified atom stereocenters. The standard InChI is InChI=1S/C65H110O12/c1-4-7-10-13-16-19-22-24-26-28-29-31-32-34-37-39-42-45-48-51-57(66)73-54-56(75-58(67)52-49-46-43-40-36-21-18-15-12-9-6-3)55-74-65-63(61(70)60(69)62(77-65)64(71)72)76-59(68)53-50-47-44-41-38-35-33-30-27-25-23-20-17-14-11-8-5-2/h8,11,16-17,19-20,24-27,33,35,56,60-63,65,69-70H,4-7,9-10,12-15,18,21-23,28-32,34,36-55H2,1-3H3,(H,71,72)/b11-8-,19-16-,20-17-,26-24-,27-25-,35-33-. The van der Waals surface area contributed by atoms with Gasteiger partial charge in [-0.1, -0.05) is 229 Å². The largest absolute Gasteiger partial charge is 0.479 e. The average molecular weight is 1080 g/mol. The lowest BCUT2D eigenvalue weighted by molar-refractivity contribution is -0.301. The lowest BCUT2D eigenvalue weighted by Gasteiger charge is -2.40. The fraction of sp³-hybridized carbons (Fsp3) is 0.754. The Bertz CT molecular complexity index is 1620. The molecule has 442 valence electrons. The number of rotatable bonds is 52. The molecule has 3 N–H and O–H groups in total. The summed E-state index contributed by atoms with van der Waals surface area (Å²) in [6.45, 7) is 5.85. The van der Waals surface area contributed by atoms with E-state index in [-0.39, 0.29) is 25.9 Å². The summed E-state index contributed by atoms with van der Waals surface area (Å²) in [5, 5.41) is 31.5. The Balaban J connectivity index is 2.65. The number of allylic oxidation sites excluding steroid dienone is 12. The van der Waals surface area contributed by atoms with Crippen molar-refractivity contribution < 1.29 is 58.2 Å². The van der Waals surface area contributed by atoms with Crippen LogP contribution in [0.15, 0.2) is 72.9 Å². The molecular formula is C65H110O12. The highest BCUT2D eigenvalue weighted by molar-refractivity contribution is 5.74. The van der Waals surface area contributed by atoms with Gasteiger partial charge in [0.1, 0.15) is 18.8 Å². The first kappa shape index (κ1) is 71.2. The Kier molecular flexibility index (Phi) is 48.8. The number of ether oxygens (including phenoxy) is 5. The number of esters is 3. The molecule has 1 heterocycles. The number of aliphatic hydroxyl groups is 2. The Hall–Kier alpha value is -3.84. The average Bonchev–Trinajstić information content (AvgIpc) is 3.42. The zero-order valence-corrected chi connectivity index (χ0v) is 48.7. The SMILES string of the molecule is CC/C=C\C/C=C\C/C=C\C/C=C\CCCCCCC(=O)OC1C(OCC(COC(=O)CCCCCCCCCCC/C=C\C/C=C\CCCCC)OC(=O)CCCCCCCCCCCCC)OC(C(=O)O)C(O)C1O. The molecule has 0 amide bonds. The fourth-order valence-corrected chi connectivity index (χ4v) is 9.04. The quantitative estimate of drug-likeness (QED) is 0.0228. The van der Waals surface area contributed by atoms with Crippen LogP contribution in [0.1, 0.15) is 265 Å². The van der Waals surface area contributed by atoms with Gasteiger partial charge in [0, 0.05) is 19.3 Å². The number of carbonyl (C=O) groups excluding carboxylic acids is 3. The molecular weight excluding hydrogens is 973 g/mol. The van der Waals surface area contributed by atoms with Crippen molar-refractivity contribution >= 4 is 23.9 Å². The molecule has 6 atom stereocenters. The summed E-state index contributed by atoms with van der Waals surface area (Å²) < 4.78 is 28.4. The number of aliphatic carboxylic acids is 1. The fourth-order valence-electron chi connectivity index (χ4n) is 9.04. The van der Waals surface area contributed by atoms with Gasteiger partial charge in [0.2, 0.25) is 0 Å². The third kappa shape index (κ3) is 42.7. The molecule has 0 aromatic rings. The highest BCUT2D eigenvalue weighted by atomic mass is 16.7. The van der Waals surface area contributed by atoms with Crippen molar-refractivity contribution in [2.75, 3.05) is 13.2 Å². The van der Waals surface area contributed by atoms with Crippen LogP contribution in [0.4, 0.5) is 0 Å². The summed E-state index contributed by atoms with van der Waals surface area (Å²) in [6, 6.07) is 0. The van der Waals surface area contributed by atoms with E-state index >= 15 is 0 Å². The van der Waals surface area contributed by atoms with Crippen molar-refractivity contribution in [3.05, 3.63) is 72.9 Å². The first-order valence-corrected chi connectivity index (χ1v) is 30.9. The topological polar surface area (TPSA) is 175 Å². The molecule has 1 saturated heterocycles. The van der Waals surface area contributed by atoms with Crippen molar-refractivity contribution in [1.82, 2.24) is 0 Å². The summed E-state index contributed by atoms with van der Waals surface area (Å²) in [5.74, 6) is -3.15. The summed E-state index contributed by atoms with van der Waals surface area (Å²) in [5.41, 5.74) is 0. The van der Waals surface area contributed by atoms with Crippen molar-refractivity contribution in [2.45, 2.75) is 302 Å². The lowest BCUT2D eigenvalue weighted by Crippen LogP contribution is -2.61. The summed E-state index contributed by atoms with van der Waals surface area (Å²) >= 11 is 0. The van der Waals surface area contributed by atoms with E-state index < -0.39 is 67.3 Å². The number of carboxylic acids is 1. The van der Waals surface area contributed by atoms with Crippen LogP contribution >= 0.6 is 0 Å². The van der Waals surface area contributed by atoms with Gasteiger partial charge in [-0.25, -0.2) is 4.79 Å². The van der Waals surface area contributed by atoms with Crippen LogP contribution in [-0.4, -0.2) is 89.2 Å². The predicted molar refractivity (Wildman–Crippen MR) is 312 cm³/mol. The van der Waals surface area contributed by atoms with Crippen LogP contribution in [0.3, 0.4) is 0 Å². The van der Waals surface area contributed by atoms with Crippen LogP contribution in [0.5, 0.6) is 0 Å². The Morgan fingerprint density at radius 2 is 0.818 bits per heavy atom. The molecule has 1 fully saturated rings. The minimum absolute atomic E-state index is 0.0316. The van der Waals surface area contributed by atoms with E-state index in [9.17, 15) is 34.5 Å². The first-order chi connectivity index (χ1) is 37.6. The van der Waals surface area contributed by atoms with Gasteiger partial charge in [0.15, 0.2) is 24.6 Å². The van der Waals surface area contributed by atoms with Crippen molar-refractivity contribution in [1.29, 1.82) is 0 Å². The van der Waals surface area contributed by atoms with Crippen molar-refractivity contribution in [3.63, 3.8) is 0 Å². The summed E-state index contributed by atoms with van der Waals surface area (Å²) in [7, 11) is 0. The van der Waals surface area contributed by atoms with E-state index in [0.29, 0.717) is 19.3 Å². The maximum Gasteiger partial charge on any atom is 0.335 e. The minimum Gasteiger partial charge on any atom is -0.479 e. The predicted octanol–water partition coefficient (Wildman–Crippen LogP) is 16.1. The van der Waals surface area contributed by atoms with Crippen LogP contribution < -0.4 is 0 Å². The Morgan fingerprint density at radius 1 is 0.442 bits per heavy atom. The van der Waals surface area contributed by atoms with Gasteiger partial charge < -0.3 is 39.0 Å². The van der Waals surface area contributed by atoms with E-state index in [1.54, 1.807) is 0 Å². The molecule has 1 aliphatic rings. The second kappa shape index (κ2) is 52.8. The number of carboxylic acid groups (broad SMARTS) is 1. The van der Waals surface area contributed by atoms with Gasteiger partial charge in [0.25, 0.3) is 0 Å². The molecule has 1 rings (SSSR count). The molecule has 0 bridgehead atoms. The number of unbranched alkanes of at least 4 members (excludes halogenated alkanes) is 26. The number of hydrogen-bond donors (Lipinski definition) is 3.